The standard InChI is InChI=1S/C26H27N3O2S/c1-3-4-14-31-23-13-12-20(16-19(23)2)25-21(17-27-26(30)24-11-8-15-32-24)18-29(28-25)22-9-6-5-7-10-22/h5-13,15-16,18H,3-4,14,17H2,1-2H3,(H,27,30). The van der Waals surface area contributed by atoms with Gasteiger partial charge in [-0.3, -0.25) is 4.79 Å². The summed E-state index contributed by atoms with van der Waals surface area (Å²) in [6.07, 6.45) is 4.13. The number of nitrogens with one attached hydrogen (secondary N) is 1. The van der Waals surface area contributed by atoms with E-state index in [1.54, 1.807) is 0 Å². The zero-order chi connectivity index (χ0) is 22.3. The van der Waals surface area contributed by atoms with Crippen molar-refractivity contribution in [3.63, 3.8) is 0 Å². The van der Waals surface area contributed by atoms with Crippen LogP contribution in [0.5, 0.6) is 5.75 Å². The predicted molar refractivity (Wildman–Crippen MR) is 130 cm³/mol. The number of carbonyl (C=O) groups excluding carboxylic acids is 1. The largest absolute Gasteiger partial charge is 0.493 e. The molecule has 164 valence electrons. The number of nitrogens with zero attached hydrogens (tertiary/aromatic N) is 2. The summed E-state index contributed by atoms with van der Waals surface area (Å²) in [7, 11) is 0. The summed E-state index contributed by atoms with van der Waals surface area (Å²) in [5, 5.41) is 9.80. The molecule has 0 aliphatic rings. The fraction of sp³-hybridized carbons (Fsp3) is 0.231. The van der Waals surface area contributed by atoms with Gasteiger partial charge in [-0.2, -0.15) is 5.10 Å². The van der Waals surface area contributed by atoms with Gasteiger partial charge in [-0.25, -0.2) is 4.68 Å². The van der Waals surface area contributed by atoms with Crippen LogP contribution in [0.25, 0.3) is 16.9 Å². The molecule has 0 bridgehead atoms. The van der Waals surface area contributed by atoms with E-state index < -0.39 is 0 Å². The molecule has 0 radical (unpaired) electrons. The molecule has 0 atom stereocenters. The highest BCUT2D eigenvalue weighted by Gasteiger charge is 2.15. The lowest BCUT2D eigenvalue weighted by molar-refractivity contribution is 0.0955. The minimum absolute atomic E-state index is 0.0748. The molecule has 2 aromatic heterocycles. The van der Waals surface area contributed by atoms with Crippen LogP contribution in [0.15, 0.2) is 72.2 Å². The molecule has 2 heterocycles. The summed E-state index contributed by atoms with van der Waals surface area (Å²) in [4.78, 5) is 13.2. The maximum atomic E-state index is 12.5. The van der Waals surface area contributed by atoms with Crippen LogP contribution in [0.1, 0.15) is 40.6 Å². The second-order valence-electron chi connectivity index (χ2n) is 7.63. The summed E-state index contributed by atoms with van der Waals surface area (Å²) in [5.74, 6) is 0.825. The summed E-state index contributed by atoms with van der Waals surface area (Å²) < 4.78 is 7.78. The zero-order valence-corrected chi connectivity index (χ0v) is 19.2. The van der Waals surface area contributed by atoms with E-state index in [0.29, 0.717) is 11.4 Å². The Labute approximate surface area is 192 Å². The summed E-state index contributed by atoms with van der Waals surface area (Å²) in [5.41, 5.74) is 4.85. The molecule has 0 spiro atoms. The van der Waals surface area contributed by atoms with Crippen LogP contribution < -0.4 is 10.1 Å². The Balaban J connectivity index is 1.63. The fourth-order valence-corrected chi connectivity index (χ4v) is 4.09. The Morgan fingerprint density at radius 2 is 1.97 bits per heavy atom. The lowest BCUT2D eigenvalue weighted by Crippen LogP contribution is -2.21. The van der Waals surface area contributed by atoms with E-state index in [0.717, 1.165) is 53.3 Å². The highest BCUT2D eigenvalue weighted by Crippen LogP contribution is 2.29. The SMILES string of the molecule is CCCCOc1ccc(-c2nn(-c3ccccc3)cc2CNC(=O)c2cccs2)cc1C. The maximum Gasteiger partial charge on any atom is 0.261 e. The number of hydrogen-bond acceptors (Lipinski definition) is 4. The number of unbranched alkanes of at least 4 members (excludes halogenated alkanes) is 1. The van der Waals surface area contributed by atoms with Crippen molar-refractivity contribution < 1.29 is 9.53 Å². The number of aromatic nitrogens is 2. The van der Waals surface area contributed by atoms with Gasteiger partial charge >= 0.3 is 0 Å². The third-order valence-electron chi connectivity index (χ3n) is 5.20. The van der Waals surface area contributed by atoms with Crippen molar-refractivity contribution in [2.24, 2.45) is 0 Å². The average molecular weight is 446 g/mol. The van der Waals surface area contributed by atoms with Gasteiger partial charge in [0.05, 0.1) is 22.9 Å². The molecule has 0 aliphatic carbocycles. The molecule has 0 aliphatic heterocycles. The number of aryl methyl sites for hydroxylation is 1. The van der Waals surface area contributed by atoms with Crippen molar-refractivity contribution >= 4 is 17.2 Å². The quantitative estimate of drug-likeness (QED) is 0.321. The highest BCUT2D eigenvalue weighted by atomic mass is 32.1. The Hall–Kier alpha value is -3.38. The molecule has 1 N–H and O–H groups in total. The van der Waals surface area contributed by atoms with Crippen molar-refractivity contribution in [2.75, 3.05) is 6.61 Å². The molecule has 4 aromatic rings. The smallest absolute Gasteiger partial charge is 0.261 e. The normalized spacial score (nSPS) is 10.8. The summed E-state index contributed by atoms with van der Waals surface area (Å²) in [6.45, 7) is 5.32. The van der Waals surface area contributed by atoms with Gasteiger partial charge in [-0.15, -0.1) is 11.3 Å². The van der Waals surface area contributed by atoms with Crippen LogP contribution in [-0.2, 0) is 6.54 Å². The molecular weight excluding hydrogens is 418 g/mol. The van der Waals surface area contributed by atoms with Crippen LogP contribution in [0, 0.1) is 6.92 Å². The molecule has 32 heavy (non-hydrogen) atoms. The minimum atomic E-state index is -0.0748. The Morgan fingerprint density at radius 3 is 2.69 bits per heavy atom. The first-order valence-electron chi connectivity index (χ1n) is 10.8. The van der Waals surface area contributed by atoms with Crippen LogP contribution in [0.4, 0.5) is 0 Å². The Kier molecular flexibility index (Phi) is 7.02. The number of benzene rings is 2. The van der Waals surface area contributed by atoms with Gasteiger partial charge in [0, 0.05) is 23.9 Å². The summed E-state index contributed by atoms with van der Waals surface area (Å²) in [6, 6.07) is 19.8. The van der Waals surface area contributed by atoms with Crippen molar-refractivity contribution in [3.05, 3.63) is 88.2 Å². The average Bonchev–Trinajstić information content (AvgIpc) is 3.50. The molecule has 0 fully saturated rings. The first-order chi connectivity index (χ1) is 15.7. The van der Waals surface area contributed by atoms with Crippen LogP contribution in [-0.4, -0.2) is 22.3 Å². The number of rotatable bonds is 9. The maximum absolute atomic E-state index is 12.5. The molecule has 2 aromatic carbocycles. The third kappa shape index (κ3) is 5.08. The molecule has 0 unspecified atom stereocenters. The first kappa shape index (κ1) is 21.8. The molecular formula is C26H27N3O2S. The van der Waals surface area contributed by atoms with Crippen LogP contribution in [0.2, 0.25) is 0 Å². The molecule has 0 saturated carbocycles. The van der Waals surface area contributed by atoms with E-state index in [4.69, 9.17) is 9.84 Å². The van der Waals surface area contributed by atoms with E-state index in [1.807, 2.05) is 70.9 Å². The van der Waals surface area contributed by atoms with Crippen LogP contribution >= 0.6 is 11.3 Å². The molecule has 4 rings (SSSR count). The Morgan fingerprint density at radius 1 is 1.12 bits per heavy atom. The molecule has 1 amide bonds. The molecule has 5 nitrogen and oxygen atoms in total. The number of amides is 1. The fourth-order valence-electron chi connectivity index (χ4n) is 3.45. The second kappa shape index (κ2) is 10.3. The number of carbonyl (C=O) groups is 1. The second-order valence-corrected chi connectivity index (χ2v) is 8.57. The van der Waals surface area contributed by atoms with E-state index >= 15 is 0 Å². The van der Waals surface area contributed by atoms with Gasteiger partial charge in [0.2, 0.25) is 0 Å². The number of hydrogen-bond donors (Lipinski definition) is 1. The number of para-hydroxylation sites is 1. The minimum Gasteiger partial charge on any atom is -0.493 e. The lowest BCUT2D eigenvalue weighted by Gasteiger charge is -2.10. The topological polar surface area (TPSA) is 56.1 Å². The van der Waals surface area contributed by atoms with Gasteiger partial charge in [-0.1, -0.05) is 37.6 Å². The van der Waals surface area contributed by atoms with E-state index in [2.05, 4.69) is 25.2 Å². The van der Waals surface area contributed by atoms with Crippen molar-refractivity contribution in [1.82, 2.24) is 15.1 Å². The summed E-state index contributed by atoms with van der Waals surface area (Å²) >= 11 is 1.43. The number of ether oxygens (including phenoxy) is 1. The molecule has 6 heteroatoms. The van der Waals surface area contributed by atoms with Gasteiger partial charge in [0.25, 0.3) is 5.91 Å². The highest BCUT2D eigenvalue weighted by molar-refractivity contribution is 7.12. The third-order valence-corrected chi connectivity index (χ3v) is 6.07. The Bertz CT molecular complexity index is 1170. The van der Waals surface area contributed by atoms with Gasteiger partial charge < -0.3 is 10.1 Å². The van der Waals surface area contributed by atoms with Crippen molar-refractivity contribution in [1.29, 1.82) is 0 Å². The predicted octanol–water partition coefficient (Wildman–Crippen LogP) is 6.02. The zero-order valence-electron chi connectivity index (χ0n) is 18.4. The van der Waals surface area contributed by atoms with Gasteiger partial charge in [0.15, 0.2) is 0 Å². The molecule has 0 saturated heterocycles. The van der Waals surface area contributed by atoms with E-state index in [1.165, 1.54) is 11.3 Å². The van der Waals surface area contributed by atoms with Crippen molar-refractivity contribution in [2.45, 2.75) is 33.2 Å². The monoisotopic (exact) mass is 445 g/mol. The lowest BCUT2D eigenvalue weighted by atomic mass is 10.0. The van der Waals surface area contributed by atoms with Gasteiger partial charge in [0.1, 0.15) is 5.75 Å². The van der Waals surface area contributed by atoms with Gasteiger partial charge in [-0.05, 0) is 60.7 Å². The van der Waals surface area contributed by atoms with Crippen LogP contribution in [0.3, 0.4) is 0 Å². The first-order valence-corrected chi connectivity index (χ1v) is 11.7. The number of thiophene rings is 1. The van der Waals surface area contributed by atoms with E-state index in [9.17, 15) is 4.79 Å². The van der Waals surface area contributed by atoms with E-state index in [-0.39, 0.29) is 5.91 Å². The van der Waals surface area contributed by atoms with Crippen molar-refractivity contribution in [3.8, 4) is 22.7 Å².